The highest BCUT2D eigenvalue weighted by Gasteiger charge is 2.29. The molecule has 2 unspecified atom stereocenters. The minimum Gasteiger partial charge on any atom is -0.389 e. The molecule has 3 nitrogen and oxygen atoms in total. The Hall–Kier alpha value is -1.49. The van der Waals surface area contributed by atoms with Crippen LogP contribution in [0.1, 0.15) is 31.7 Å². The maximum atomic E-state index is 13.8. The first-order chi connectivity index (χ1) is 8.99. The highest BCUT2D eigenvalue weighted by molar-refractivity contribution is 7.80. The van der Waals surface area contributed by atoms with Gasteiger partial charge >= 0.3 is 0 Å². The number of benzene rings is 1. The van der Waals surface area contributed by atoms with E-state index in [1.807, 2.05) is 0 Å². The molecule has 0 saturated heterocycles. The number of halogens is 1. The number of nitrogens with one attached hydrogen (secondary N) is 1. The third-order valence-electron chi connectivity index (χ3n) is 3.71. The first-order valence-electron chi connectivity index (χ1n) is 6.39. The number of carbonyl (C=O) groups is 1. The van der Waals surface area contributed by atoms with Crippen molar-refractivity contribution in [2.45, 2.75) is 26.2 Å². The maximum absolute atomic E-state index is 13.8. The average Bonchev–Trinajstić information content (AvgIpc) is 2.77. The van der Waals surface area contributed by atoms with Crippen LogP contribution in [0.5, 0.6) is 0 Å². The smallest absolute Gasteiger partial charge is 0.227 e. The molecule has 5 heteroatoms. The summed E-state index contributed by atoms with van der Waals surface area (Å²) in [6, 6.07) is 4.36. The van der Waals surface area contributed by atoms with E-state index in [2.05, 4.69) is 12.2 Å². The summed E-state index contributed by atoms with van der Waals surface area (Å²) in [6.07, 6.45) is 2.99. The van der Waals surface area contributed by atoms with Crippen LogP contribution in [0.4, 0.5) is 10.1 Å². The molecule has 3 N–H and O–H groups in total. The second kappa shape index (κ2) is 5.65. The number of amides is 1. The number of anilines is 1. The van der Waals surface area contributed by atoms with Crippen molar-refractivity contribution in [1.82, 2.24) is 0 Å². The Morgan fingerprint density at radius 3 is 2.74 bits per heavy atom. The maximum Gasteiger partial charge on any atom is 0.227 e. The SMILES string of the molecule is CC1CCCC1C(=O)Nc1ccc(C(N)=S)cc1F. The van der Waals surface area contributed by atoms with Crippen molar-refractivity contribution in [1.29, 1.82) is 0 Å². The third kappa shape index (κ3) is 3.10. The molecule has 1 aromatic carbocycles. The Bertz CT molecular complexity index is 518. The molecular formula is C14H17FN2OS. The lowest BCUT2D eigenvalue weighted by Crippen LogP contribution is -2.25. The fourth-order valence-electron chi connectivity index (χ4n) is 2.53. The van der Waals surface area contributed by atoms with Crippen LogP contribution in [0.15, 0.2) is 18.2 Å². The second-order valence-corrected chi connectivity index (χ2v) is 5.50. The third-order valence-corrected chi connectivity index (χ3v) is 3.95. The Morgan fingerprint density at radius 1 is 1.47 bits per heavy atom. The highest BCUT2D eigenvalue weighted by Crippen LogP contribution is 2.32. The molecule has 1 fully saturated rings. The largest absolute Gasteiger partial charge is 0.389 e. The second-order valence-electron chi connectivity index (χ2n) is 5.06. The lowest BCUT2D eigenvalue weighted by atomic mass is 9.97. The van der Waals surface area contributed by atoms with Crippen LogP contribution in [-0.2, 0) is 4.79 Å². The quantitative estimate of drug-likeness (QED) is 0.837. The van der Waals surface area contributed by atoms with Gasteiger partial charge in [0.2, 0.25) is 5.91 Å². The van der Waals surface area contributed by atoms with E-state index in [-0.39, 0.29) is 22.5 Å². The van der Waals surface area contributed by atoms with Crippen molar-refractivity contribution < 1.29 is 9.18 Å². The van der Waals surface area contributed by atoms with Crippen molar-refractivity contribution in [3.05, 3.63) is 29.6 Å². The van der Waals surface area contributed by atoms with Crippen LogP contribution in [0, 0.1) is 17.7 Å². The topological polar surface area (TPSA) is 55.1 Å². The lowest BCUT2D eigenvalue weighted by Gasteiger charge is -2.15. The van der Waals surface area contributed by atoms with Crippen LogP contribution in [0.2, 0.25) is 0 Å². The van der Waals surface area contributed by atoms with Gasteiger partial charge in [-0.25, -0.2) is 4.39 Å². The average molecular weight is 280 g/mol. The molecule has 19 heavy (non-hydrogen) atoms. The van der Waals surface area contributed by atoms with Gasteiger partial charge in [0, 0.05) is 11.5 Å². The molecule has 1 aliphatic rings. The Morgan fingerprint density at radius 2 is 2.21 bits per heavy atom. The Balaban J connectivity index is 2.11. The number of thiocarbonyl (C=S) groups is 1. The van der Waals surface area contributed by atoms with E-state index in [0.717, 1.165) is 19.3 Å². The van der Waals surface area contributed by atoms with Gasteiger partial charge in [-0.2, -0.15) is 0 Å². The number of hydrogen-bond donors (Lipinski definition) is 2. The van der Waals surface area contributed by atoms with E-state index < -0.39 is 5.82 Å². The predicted molar refractivity (Wildman–Crippen MR) is 77.4 cm³/mol. The first kappa shape index (κ1) is 13.9. The van der Waals surface area contributed by atoms with Gasteiger partial charge in [0.25, 0.3) is 0 Å². The van der Waals surface area contributed by atoms with Gasteiger partial charge in [0.15, 0.2) is 0 Å². The molecule has 2 atom stereocenters. The zero-order valence-electron chi connectivity index (χ0n) is 10.8. The zero-order valence-corrected chi connectivity index (χ0v) is 11.6. The summed E-state index contributed by atoms with van der Waals surface area (Å²) in [5.41, 5.74) is 6.07. The molecule has 0 aromatic heterocycles. The summed E-state index contributed by atoms with van der Waals surface area (Å²) in [5, 5.41) is 2.65. The molecule has 0 heterocycles. The van der Waals surface area contributed by atoms with Crippen LogP contribution in [0.25, 0.3) is 0 Å². The highest BCUT2D eigenvalue weighted by atomic mass is 32.1. The molecular weight excluding hydrogens is 263 g/mol. The Labute approximate surface area is 117 Å². The molecule has 1 amide bonds. The molecule has 1 aliphatic carbocycles. The van der Waals surface area contributed by atoms with E-state index in [0.29, 0.717) is 11.5 Å². The molecule has 0 bridgehead atoms. The monoisotopic (exact) mass is 280 g/mol. The summed E-state index contributed by atoms with van der Waals surface area (Å²) >= 11 is 4.78. The minimum absolute atomic E-state index is 0.0188. The van der Waals surface area contributed by atoms with Gasteiger partial charge in [-0.1, -0.05) is 25.6 Å². The van der Waals surface area contributed by atoms with E-state index in [4.69, 9.17) is 18.0 Å². The standard InChI is InChI=1S/C14H17FN2OS/c1-8-3-2-4-10(8)14(18)17-12-6-5-9(13(16)19)7-11(12)15/h5-8,10H,2-4H2,1H3,(H2,16,19)(H,17,18). The molecule has 1 saturated carbocycles. The van der Waals surface area contributed by atoms with Crippen molar-refractivity contribution in [2.75, 3.05) is 5.32 Å². The van der Waals surface area contributed by atoms with Crippen molar-refractivity contribution >= 4 is 28.8 Å². The van der Waals surface area contributed by atoms with Gasteiger partial charge in [-0.15, -0.1) is 0 Å². The van der Waals surface area contributed by atoms with E-state index in [1.165, 1.54) is 12.1 Å². The summed E-state index contributed by atoms with van der Waals surface area (Å²) < 4.78 is 13.8. The van der Waals surface area contributed by atoms with Gasteiger partial charge in [-0.3, -0.25) is 4.79 Å². The van der Waals surface area contributed by atoms with E-state index in [9.17, 15) is 9.18 Å². The molecule has 102 valence electrons. The lowest BCUT2D eigenvalue weighted by molar-refractivity contribution is -0.120. The van der Waals surface area contributed by atoms with Crippen molar-refractivity contribution in [3.8, 4) is 0 Å². The van der Waals surface area contributed by atoms with Crippen LogP contribution < -0.4 is 11.1 Å². The fourth-order valence-corrected chi connectivity index (χ4v) is 2.66. The number of hydrogen-bond acceptors (Lipinski definition) is 2. The van der Waals surface area contributed by atoms with Gasteiger partial charge in [0.1, 0.15) is 10.8 Å². The van der Waals surface area contributed by atoms with Crippen LogP contribution in [-0.4, -0.2) is 10.9 Å². The van der Waals surface area contributed by atoms with Crippen molar-refractivity contribution in [3.63, 3.8) is 0 Å². The number of carbonyl (C=O) groups excluding carboxylic acids is 1. The van der Waals surface area contributed by atoms with Gasteiger partial charge in [0.05, 0.1) is 5.69 Å². The summed E-state index contributed by atoms with van der Waals surface area (Å²) in [4.78, 5) is 12.2. The van der Waals surface area contributed by atoms with Gasteiger partial charge < -0.3 is 11.1 Å². The fraction of sp³-hybridized carbons (Fsp3) is 0.429. The summed E-state index contributed by atoms with van der Waals surface area (Å²) in [7, 11) is 0. The number of rotatable bonds is 3. The summed E-state index contributed by atoms with van der Waals surface area (Å²) in [6.45, 7) is 2.06. The van der Waals surface area contributed by atoms with Gasteiger partial charge in [-0.05, 0) is 37.0 Å². The number of nitrogens with two attached hydrogens (primary N) is 1. The zero-order chi connectivity index (χ0) is 14.0. The predicted octanol–water partition coefficient (Wildman–Crippen LogP) is 2.83. The van der Waals surface area contributed by atoms with Crippen LogP contribution in [0.3, 0.4) is 0 Å². The summed E-state index contributed by atoms with van der Waals surface area (Å²) in [5.74, 6) is -0.273. The molecule has 0 radical (unpaired) electrons. The van der Waals surface area contributed by atoms with Crippen molar-refractivity contribution in [2.24, 2.45) is 17.6 Å². The Kier molecular flexibility index (Phi) is 4.14. The van der Waals surface area contributed by atoms with E-state index in [1.54, 1.807) is 6.07 Å². The molecule has 0 spiro atoms. The molecule has 1 aromatic rings. The van der Waals surface area contributed by atoms with E-state index >= 15 is 0 Å². The first-order valence-corrected chi connectivity index (χ1v) is 6.80. The van der Waals surface area contributed by atoms with Crippen LogP contribution >= 0.6 is 12.2 Å². The minimum atomic E-state index is -0.510. The molecule has 2 rings (SSSR count). The normalized spacial score (nSPS) is 22.2. The molecule has 0 aliphatic heterocycles.